The third-order valence-corrected chi connectivity index (χ3v) is 2.33. The molecule has 0 aliphatic carbocycles. The van der Waals surface area contributed by atoms with Crippen LogP contribution in [0.3, 0.4) is 0 Å². The molecular weight excluding hydrogens is 228 g/mol. The Labute approximate surface area is 107 Å². The highest BCUT2D eigenvalue weighted by Gasteiger charge is 2.23. The lowest BCUT2D eigenvalue weighted by atomic mass is 10.3. The van der Waals surface area contributed by atoms with E-state index in [2.05, 4.69) is 0 Å². The van der Waals surface area contributed by atoms with Crippen molar-refractivity contribution in [1.82, 2.24) is 0 Å². The topological polar surface area (TPSA) is 38.7 Å². The lowest BCUT2D eigenvalue weighted by molar-refractivity contribution is -0.144. The maximum absolute atomic E-state index is 10.1. The summed E-state index contributed by atoms with van der Waals surface area (Å²) in [5, 5.41) is 10.1. The van der Waals surface area contributed by atoms with Crippen LogP contribution in [0.2, 0.25) is 0 Å². The molecule has 1 atom stereocenters. The van der Waals surface area contributed by atoms with Gasteiger partial charge in [-0.1, -0.05) is 36.4 Å². The maximum Gasteiger partial charge on any atom is 0.239 e. The third-order valence-electron chi connectivity index (χ3n) is 2.33. The normalized spacial score (nSPS) is 13.7. The summed E-state index contributed by atoms with van der Waals surface area (Å²) in [4.78, 5) is 0. The number of aliphatic hydroxyl groups is 1. The molecule has 0 spiro atoms. The quantitative estimate of drug-likeness (QED) is 0.822. The summed E-state index contributed by atoms with van der Waals surface area (Å²) in [6, 6.07) is 18.5. The van der Waals surface area contributed by atoms with E-state index in [0.29, 0.717) is 11.5 Å². The molecule has 0 aromatic heterocycles. The van der Waals surface area contributed by atoms with Gasteiger partial charge in [0.05, 0.1) is 0 Å². The SMILES string of the molecule is CC(O)(COc1ccccc1)Oc1ccccc1. The second kappa shape index (κ2) is 5.56. The first-order valence-electron chi connectivity index (χ1n) is 5.80. The molecule has 3 heteroatoms. The van der Waals surface area contributed by atoms with Crippen LogP contribution in [0.1, 0.15) is 6.92 Å². The van der Waals surface area contributed by atoms with E-state index in [1.807, 2.05) is 48.5 Å². The van der Waals surface area contributed by atoms with Gasteiger partial charge in [0.1, 0.15) is 11.5 Å². The lowest BCUT2D eigenvalue weighted by Gasteiger charge is -2.24. The minimum absolute atomic E-state index is 0.0614. The van der Waals surface area contributed by atoms with Crippen LogP contribution in [0.5, 0.6) is 11.5 Å². The molecule has 0 aliphatic heterocycles. The molecule has 2 aromatic carbocycles. The summed E-state index contributed by atoms with van der Waals surface area (Å²) in [6.07, 6.45) is 0. The second-order valence-electron chi connectivity index (χ2n) is 4.19. The van der Waals surface area contributed by atoms with E-state index in [0.717, 1.165) is 0 Å². The van der Waals surface area contributed by atoms with Crippen molar-refractivity contribution >= 4 is 0 Å². The van der Waals surface area contributed by atoms with Gasteiger partial charge in [0.2, 0.25) is 5.79 Å². The van der Waals surface area contributed by atoms with Crippen molar-refractivity contribution in [2.45, 2.75) is 12.7 Å². The monoisotopic (exact) mass is 244 g/mol. The Bertz CT molecular complexity index is 466. The van der Waals surface area contributed by atoms with Crippen molar-refractivity contribution in [2.24, 2.45) is 0 Å². The van der Waals surface area contributed by atoms with E-state index in [4.69, 9.17) is 9.47 Å². The van der Waals surface area contributed by atoms with Gasteiger partial charge in [0.15, 0.2) is 6.61 Å². The Morgan fingerprint density at radius 3 is 1.94 bits per heavy atom. The van der Waals surface area contributed by atoms with Gasteiger partial charge in [-0.05, 0) is 24.3 Å². The van der Waals surface area contributed by atoms with Crippen molar-refractivity contribution in [2.75, 3.05) is 6.61 Å². The molecule has 0 fully saturated rings. The number of ether oxygens (including phenoxy) is 2. The molecule has 18 heavy (non-hydrogen) atoms. The Balaban J connectivity index is 1.91. The molecule has 3 nitrogen and oxygen atoms in total. The van der Waals surface area contributed by atoms with Gasteiger partial charge in [-0.25, -0.2) is 0 Å². The molecule has 2 rings (SSSR count). The van der Waals surface area contributed by atoms with Crippen LogP contribution in [0.4, 0.5) is 0 Å². The van der Waals surface area contributed by atoms with Crippen LogP contribution in [-0.2, 0) is 0 Å². The largest absolute Gasteiger partial charge is 0.487 e. The number of rotatable bonds is 5. The van der Waals surface area contributed by atoms with Crippen molar-refractivity contribution in [3.05, 3.63) is 60.7 Å². The minimum Gasteiger partial charge on any atom is -0.487 e. The fourth-order valence-corrected chi connectivity index (χ4v) is 1.51. The molecule has 0 amide bonds. The average molecular weight is 244 g/mol. The Hall–Kier alpha value is -2.00. The first kappa shape index (κ1) is 12.5. The Kier molecular flexibility index (Phi) is 3.85. The molecule has 0 aliphatic rings. The predicted octanol–water partition coefficient (Wildman–Crippen LogP) is 2.85. The van der Waals surface area contributed by atoms with Crippen LogP contribution in [0.25, 0.3) is 0 Å². The fraction of sp³-hybridized carbons (Fsp3) is 0.200. The van der Waals surface area contributed by atoms with Gasteiger partial charge in [-0.2, -0.15) is 0 Å². The van der Waals surface area contributed by atoms with Crippen LogP contribution in [-0.4, -0.2) is 17.5 Å². The molecule has 0 saturated carbocycles. The van der Waals surface area contributed by atoms with E-state index in [1.165, 1.54) is 0 Å². The van der Waals surface area contributed by atoms with Gasteiger partial charge < -0.3 is 14.6 Å². The van der Waals surface area contributed by atoms with Crippen molar-refractivity contribution in [3.63, 3.8) is 0 Å². The Morgan fingerprint density at radius 1 is 0.889 bits per heavy atom. The van der Waals surface area contributed by atoms with Crippen molar-refractivity contribution in [3.8, 4) is 11.5 Å². The first-order chi connectivity index (χ1) is 8.66. The number of benzene rings is 2. The van der Waals surface area contributed by atoms with E-state index in [-0.39, 0.29) is 6.61 Å². The zero-order valence-corrected chi connectivity index (χ0v) is 10.2. The van der Waals surface area contributed by atoms with Gasteiger partial charge >= 0.3 is 0 Å². The standard InChI is InChI=1S/C15H16O3/c1-15(16,18-14-10-6-3-7-11-14)12-17-13-8-4-2-5-9-13/h2-11,16H,12H2,1H3. The molecule has 0 heterocycles. The summed E-state index contributed by atoms with van der Waals surface area (Å²) < 4.78 is 10.9. The highest BCUT2D eigenvalue weighted by atomic mass is 16.6. The molecular formula is C15H16O3. The van der Waals surface area contributed by atoms with E-state index < -0.39 is 5.79 Å². The molecule has 1 N–H and O–H groups in total. The highest BCUT2D eigenvalue weighted by molar-refractivity contribution is 5.22. The second-order valence-corrected chi connectivity index (χ2v) is 4.19. The zero-order chi connectivity index (χ0) is 12.8. The highest BCUT2D eigenvalue weighted by Crippen LogP contribution is 2.17. The van der Waals surface area contributed by atoms with Crippen LogP contribution in [0, 0.1) is 0 Å². The smallest absolute Gasteiger partial charge is 0.239 e. The number of hydrogen-bond acceptors (Lipinski definition) is 3. The molecule has 1 unspecified atom stereocenters. The van der Waals surface area contributed by atoms with E-state index in [1.54, 1.807) is 19.1 Å². The van der Waals surface area contributed by atoms with Gasteiger partial charge in [-0.15, -0.1) is 0 Å². The summed E-state index contributed by atoms with van der Waals surface area (Å²) in [7, 11) is 0. The van der Waals surface area contributed by atoms with Gasteiger partial charge in [0.25, 0.3) is 0 Å². The van der Waals surface area contributed by atoms with Gasteiger partial charge in [0, 0.05) is 6.92 Å². The number of para-hydroxylation sites is 2. The van der Waals surface area contributed by atoms with E-state index >= 15 is 0 Å². The molecule has 0 radical (unpaired) electrons. The van der Waals surface area contributed by atoms with Crippen LogP contribution >= 0.6 is 0 Å². The minimum atomic E-state index is -1.36. The summed E-state index contributed by atoms with van der Waals surface area (Å²) in [6.45, 7) is 1.63. The zero-order valence-electron chi connectivity index (χ0n) is 10.2. The average Bonchev–Trinajstić information content (AvgIpc) is 2.38. The van der Waals surface area contributed by atoms with E-state index in [9.17, 15) is 5.11 Å². The summed E-state index contributed by atoms with van der Waals surface area (Å²) in [5.41, 5.74) is 0. The molecule has 94 valence electrons. The summed E-state index contributed by atoms with van der Waals surface area (Å²) in [5.74, 6) is -0.0504. The molecule has 0 saturated heterocycles. The van der Waals surface area contributed by atoms with Gasteiger partial charge in [-0.3, -0.25) is 0 Å². The Morgan fingerprint density at radius 2 is 1.39 bits per heavy atom. The number of hydrogen-bond donors (Lipinski definition) is 1. The predicted molar refractivity (Wildman–Crippen MR) is 69.6 cm³/mol. The molecule has 2 aromatic rings. The van der Waals surface area contributed by atoms with Crippen LogP contribution in [0.15, 0.2) is 60.7 Å². The van der Waals surface area contributed by atoms with Crippen LogP contribution < -0.4 is 9.47 Å². The molecule has 0 bridgehead atoms. The van der Waals surface area contributed by atoms with Crippen molar-refractivity contribution < 1.29 is 14.6 Å². The lowest BCUT2D eigenvalue weighted by Crippen LogP contribution is -2.38. The summed E-state index contributed by atoms with van der Waals surface area (Å²) >= 11 is 0. The fourth-order valence-electron chi connectivity index (χ4n) is 1.51. The maximum atomic E-state index is 10.1. The third kappa shape index (κ3) is 3.79. The van der Waals surface area contributed by atoms with Crippen molar-refractivity contribution in [1.29, 1.82) is 0 Å². The first-order valence-corrected chi connectivity index (χ1v) is 5.80.